The number of oxazole rings is 1. The molecule has 25 heavy (non-hydrogen) atoms. The minimum atomic E-state index is -4.00. The van der Waals surface area contributed by atoms with Gasteiger partial charge in [0, 0.05) is 18.0 Å². The van der Waals surface area contributed by atoms with Crippen LogP contribution in [0.15, 0.2) is 27.7 Å². The molecular weight excluding hydrogens is 411 g/mol. The number of Topliss-reactive ketones (excluding diaryl/α,β-unsaturated/α-hetero) is 1. The molecule has 0 N–H and O–H groups in total. The molecule has 134 valence electrons. The molecule has 1 aliphatic rings. The first-order valence-corrected chi connectivity index (χ1v) is 9.89. The Labute approximate surface area is 159 Å². The third kappa shape index (κ3) is 3.85. The van der Waals surface area contributed by atoms with Gasteiger partial charge in [0.05, 0.1) is 16.6 Å². The molecule has 0 unspecified atom stereocenters. The van der Waals surface area contributed by atoms with Gasteiger partial charge in [-0.25, -0.2) is 13.4 Å². The highest BCUT2D eigenvalue weighted by molar-refractivity contribution is 7.89. The number of ketones is 1. The Morgan fingerprint density at radius 3 is 2.36 bits per heavy atom. The van der Waals surface area contributed by atoms with Gasteiger partial charge in [0.25, 0.3) is 0 Å². The van der Waals surface area contributed by atoms with Gasteiger partial charge in [0.1, 0.15) is 16.9 Å². The highest BCUT2D eigenvalue weighted by Crippen LogP contribution is 2.39. The normalized spacial score (nSPS) is 14.9. The molecule has 2 aromatic rings. The molecule has 0 amide bonds. The Hall–Kier alpha value is -1.12. The van der Waals surface area contributed by atoms with Crippen LogP contribution in [0.1, 0.15) is 36.1 Å². The molecule has 1 saturated carbocycles. The van der Waals surface area contributed by atoms with Crippen LogP contribution >= 0.6 is 34.8 Å². The van der Waals surface area contributed by atoms with Crippen molar-refractivity contribution in [2.45, 2.75) is 37.2 Å². The summed E-state index contributed by atoms with van der Waals surface area (Å²) >= 11 is 18.0. The Kier molecular flexibility index (Phi) is 5.14. The molecule has 1 aromatic heterocycles. The molecule has 10 heteroatoms. The molecule has 1 aliphatic carbocycles. The van der Waals surface area contributed by atoms with Crippen LogP contribution in [-0.2, 0) is 16.6 Å². The largest absolute Gasteiger partial charge is 0.447 e. The van der Waals surface area contributed by atoms with Crippen LogP contribution in [-0.4, -0.2) is 29.5 Å². The predicted octanol–water partition coefficient (Wildman–Crippen LogP) is 4.19. The smallest absolute Gasteiger partial charge is 0.246 e. The van der Waals surface area contributed by atoms with E-state index >= 15 is 0 Å². The van der Waals surface area contributed by atoms with E-state index < -0.39 is 10.0 Å². The molecule has 6 nitrogen and oxygen atoms in total. The van der Waals surface area contributed by atoms with Crippen LogP contribution in [0, 0.1) is 0 Å². The summed E-state index contributed by atoms with van der Waals surface area (Å²) < 4.78 is 32.6. The van der Waals surface area contributed by atoms with Gasteiger partial charge in [0.15, 0.2) is 5.78 Å². The lowest BCUT2D eigenvalue weighted by molar-refractivity contribution is 0.101. The van der Waals surface area contributed by atoms with Crippen LogP contribution in [0.2, 0.25) is 15.1 Å². The van der Waals surface area contributed by atoms with Gasteiger partial charge in [-0.1, -0.05) is 34.8 Å². The molecule has 1 fully saturated rings. The predicted molar refractivity (Wildman–Crippen MR) is 93.7 cm³/mol. The highest BCUT2D eigenvalue weighted by Gasteiger charge is 2.41. The van der Waals surface area contributed by atoms with Crippen molar-refractivity contribution in [1.29, 1.82) is 0 Å². The van der Waals surface area contributed by atoms with Crippen molar-refractivity contribution in [3.63, 3.8) is 0 Å². The van der Waals surface area contributed by atoms with Crippen LogP contribution in [0.3, 0.4) is 0 Å². The highest BCUT2D eigenvalue weighted by atomic mass is 35.5. The summed E-state index contributed by atoms with van der Waals surface area (Å²) in [5, 5.41) is 0.130. The summed E-state index contributed by atoms with van der Waals surface area (Å²) in [7, 11) is -4.00. The molecule has 3 rings (SSSR count). The third-order valence-corrected chi connectivity index (χ3v) is 6.73. The van der Waals surface area contributed by atoms with Crippen molar-refractivity contribution in [2.75, 3.05) is 0 Å². The van der Waals surface area contributed by atoms with Gasteiger partial charge >= 0.3 is 0 Å². The van der Waals surface area contributed by atoms with E-state index in [0.717, 1.165) is 0 Å². The fourth-order valence-corrected chi connectivity index (χ4v) is 5.47. The summed E-state index contributed by atoms with van der Waals surface area (Å²) in [6, 6.07) is 2.46. The van der Waals surface area contributed by atoms with Gasteiger partial charge in [-0.05, 0) is 25.0 Å². The average Bonchev–Trinajstić information content (AvgIpc) is 3.20. The number of rotatable bonds is 6. The Morgan fingerprint density at radius 2 is 1.88 bits per heavy atom. The molecule has 0 spiro atoms. The van der Waals surface area contributed by atoms with Gasteiger partial charge < -0.3 is 4.42 Å². The molecule has 0 radical (unpaired) electrons. The van der Waals surface area contributed by atoms with E-state index in [4.69, 9.17) is 39.2 Å². The zero-order valence-electron chi connectivity index (χ0n) is 13.0. The molecular formula is C15H13Cl3N2O4S. The van der Waals surface area contributed by atoms with E-state index in [9.17, 15) is 13.2 Å². The number of nitrogens with zero attached hydrogens (tertiary/aromatic N) is 2. The molecule has 0 saturated heterocycles. The summed E-state index contributed by atoms with van der Waals surface area (Å²) in [6.45, 7) is 1.24. The van der Waals surface area contributed by atoms with Gasteiger partial charge in [0.2, 0.25) is 15.9 Å². The van der Waals surface area contributed by atoms with Crippen LogP contribution in [0.4, 0.5) is 0 Å². The minimum Gasteiger partial charge on any atom is -0.447 e. The number of carbonyl (C=O) groups is 1. The maximum atomic E-state index is 13.1. The van der Waals surface area contributed by atoms with Gasteiger partial charge in [-0.2, -0.15) is 4.31 Å². The van der Waals surface area contributed by atoms with Crippen LogP contribution in [0.25, 0.3) is 0 Å². The number of halogens is 3. The van der Waals surface area contributed by atoms with Crippen molar-refractivity contribution in [3.8, 4) is 0 Å². The Morgan fingerprint density at radius 1 is 1.28 bits per heavy atom. The molecule has 1 aromatic carbocycles. The Balaban J connectivity index is 1.98. The zero-order chi connectivity index (χ0) is 18.4. The van der Waals surface area contributed by atoms with Crippen molar-refractivity contribution in [3.05, 3.63) is 45.0 Å². The maximum Gasteiger partial charge on any atom is 0.246 e. The second kappa shape index (κ2) is 6.89. The summed E-state index contributed by atoms with van der Waals surface area (Å²) in [5.41, 5.74) is 0.144. The lowest BCUT2D eigenvalue weighted by Gasteiger charge is -2.21. The second-order valence-corrected chi connectivity index (χ2v) is 8.74. The standard InChI is InChI=1S/C15H13Cl3N2O4S/c1-8(21)13-7-24-14(19-13)6-20(10-2-3-10)25(22,23)15-11(17)4-9(16)5-12(15)18/h4-5,7,10H,2-3,6H2,1H3. The zero-order valence-corrected chi connectivity index (χ0v) is 16.1. The van der Waals surface area contributed by atoms with Crippen LogP contribution in [0.5, 0.6) is 0 Å². The van der Waals surface area contributed by atoms with Crippen molar-refractivity contribution in [1.82, 2.24) is 9.29 Å². The molecule has 0 atom stereocenters. The van der Waals surface area contributed by atoms with E-state index in [1.807, 2.05) is 0 Å². The van der Waals surface area contributed by atoms with E-state index in [1.54, 1.807) is 0 Å². The minimum absolute atomic E-state index is 0.0556. The SMILES string of the molecule is CC(=O)c1coc(CN(C2CC2)S(=O)(=O)c2c(Cl)cc(Cl)cc2Cl)n1. The monoisotopic (exact) mass is 422 g/mol. The van der Waals surface area contributed by atoms with Gasteiger partial charge in [-0.3, -0.25) is 4.79 Å². The number of sulfonamides is 1. The second-order valence-electron chi connectivity index (χ2n) is 5.66. The van der Waals surface area contributed by atoms with E-state index in [-0.39, 0.29) is 49.9 Å². The first kappa shape index (κ1) is 18.7. The van der Waals surface area contributed by atoms with Gasteiger partial charge in [-0.15, -0.1) is 0 Å². The molecule has 1 heterocycles. The lowest BCUT2D eigenvalue weighted by atomic mass is 10.3. The number of aromatic nitrogens is 1. The first-order valence-electron chi connectivity index (χ1n) is 7.32. The first-order chi connectivity index (χ1) is 11.7. The number of hydrogen-bond donors (Lipinski definition) is 0. The van der Waals surface area contributed by atoms with E-state index in [0.29, 0.717) is 12.8 Å². The fraction of sp³-hybridized carbons (Fsp3) is 0.333. The topological polar surface area (TPSA) is 80.5 Å². The van der Waals surface area contributed by atoms with Crippen molar-refractivity contribution >= 4 is 50.6 Å². The quantitative estimate of drug-likeness (QED) is 0.651. The Bertz CT molecular complexity index is 915. The summed E-state index contributed by atoms with van der Waals surface area (Å²) in [5.74, 6) is -0.137. The van der Waals surface area contributed by atoms with E-state index in [2.05, 4.69) is 4.98 Å². The van der Waals surface area contributed by atoms with E-state index in [1.165, 1.54) is 29.6 Å². The number of hydrogen-bond acceptors (Lipinski definition) is 5. The van der Waals surface area contributed by atoms with Crippen LogP contribution < -0.4 is 0 Å². The van der Waals surface area contributed by atoms with Crippen molar-refractivity contribution in [2.24, 2.45) is 0 Å². The molecule has 0 bridgehead atoms. The lowest BCUT2D eigenvalue weighted by Crippen LogP contribution is -2.33. The third-order valence-electron chi connectivity index (χ3n) is 3.69. The average molecular weight is 424 g/mol. The maximum absolute atomic E-state index is 13.1. The fourth-order valence-electron chi connectivity index (χ4n) is 2.34. The number of carbonyl (C=O) groups excluding carboxylic acids is 1. The summed E-state index contributed by atoms with van der Waals surface area (Å²) in [6.07, 6.45) is 2.63. The molecule has 0 aliphatic heterocycles. The van der Waals surface area contributed by atoms with Crippen molar-refractivity contribution < 1.29 is 17.6 Å². The summed E-state index contributed by atoms with van der Waals surface area (Å²) in [4.78, 5) is 15.1. The number of benzene rings is 1.